The minimum Gasteiger partial charge on any atom is -0.456 e. The summed E-state index contributed by atoms with van der Waals surface area (Å²) in [6.07, 6.45) is 2.23. The second-order valence-corrected chi connectivity index (χ2v) is 6.70. The monoisotopic (exact) mass is 359 g/mol. The first kappa shape index (κ1) is 18.2. The Hall–Kier alpha value is -2.61. The lowest BCUT2D eigenvalue weighted by molar-refractivity contribution is 0.0609. The standard InChI is InChI=1S/C18H25N5O3/c1-11-7-15(26-12(11)2)18(24)22-13-5-6-25-9-14(13)21-16-8-17(23(3)4)20-10-19-16/h7-8,10,13-14H,5-6,9H2,1-4H3,(H,22,24)(H,19,20,21)/t13-,14+/m0/s1. The molecule has 0 bridgehead atoms. The van der Waals surface area contributed by atoms with Crippen molar-refractivity contribution >= 4 is 17.5 Å². The molecule has 0 saturated carbocycles. The van der Waals surface area contributed by atoms with E-state index in [9.17, 15) is 4.79 Å². The average molecular weight is 359 g/mol. The quantitative estimate of drug-likeness (QED) is 0.840. The van der Waals surface area contributed by atoms with Gasteiger partial charge in [-0.1, -0.05) is 0 Å². The topological polar surface area (TPSA) is 92.5 Å². The zero-order valence-electron chi connectivity index (χ0n) is 15.6. The molecule has 0 aromatic carbocycles. The number of ether oxygens (including phenoxy) is 1. The van der Waals surface area contributed by atoms with E-state index in [0.29, 0.717) is 31.2 Å². The van der Waals surface area contributed by atoms with Crippen LogP contribution in [-0.4, -0.2) is 55.3 Å². The predicted molar refractivity (Wildman–Crippen MR) is 98.6 cm³/mol. The third-order valence-corrected chi connectivity index (χ3v) is 4.51. The molecule has 1 saturated heterocycles. The van der Waals surface area contributed by atoms with E-state index in [1.165, 1.54) is 6.33 Å². The van der Waals surface area contributed by atoms with Gasteiger partial charge in [-0.2, -0.15) is 0 Å². The minimum atomic E-state index is -0.212. The van der Waals surface area contributed by atoms with Crippen LogP contribution < -0.4 is 15.5 Å². The number of nitrogens with zero attached hydrogens (tertiary/aromatic N) is 3. The van der Waals surface area contributed by atoms with E-state index in [2.05, 4.69) is 20.6 Å². The zero-order valence-corrected chi connectivity index (χ0v) is 15.6. The van der Waals surface area contributed by atoms with Gasteiger partial charge in [-0.25, -0.2) is 9.97 Å². The van der Waals surface area contributed by atoms with Gasteiger partial charge in [-0.15, -0.1) is 0 Å². The van der Waals surface area contributed by atoms with Gasteiger partial charge in [0.05, 0.1) is 18.7 Å². The summed E-state index contributed by atoms with van der Waals surface area (Å²) in [6, 6.07) is 3.46. The Bertz CT molecular complexity index is 754. The molecular weight excluding hydrogens is 334 g/mol. The highest BCUT2D eigenvalue weighted by atomic mass is 16.5. The molecule has 2 N–H and O–H groups in total. The van der Waals surface area contributed by atoms with Crippen LogP contribution in [0.25, 0.3) is 0 Å². The van der Waals surface area contributed by atoms with Gasteiger partial charge in [-0.05, 0) is 31.9 Å². The zero-order chi connectivity index (χ0) is 18.7. The van der Waals surface area contributed by atoms with Gasteiger partial charge in [0, 0.05) is 26.8 Å². The summed E-state index contributed by atoms with van der Waals surface area (Å²) in [6.45, 7) is 4.86. The largest absolute Gasteiger partial charge is 0.456 e. The van der Waals surface area contributed by atoms with Crippen molar-refractivity contribution < 1.29 is 13.9 Å². The highest BCUT2D eigenvalue weighted by Gasteiger charge is 2.29. The fourth-order valence-corrected chi connectivity index (χ4v) is 2.84. The molecule has 0 spiro atoms. The number of carbonyl (C=O) groups is 1. The summed E-state index contributed by atoms with van der Waals surface area (Å²) >= 11 is 0. The van der Waals surface area contributed by atoms with Crippen molar-refractivity contribution in [3.05, 3.63) is 35.5 Å². The van der Waals surface area contributed by atoms with Crippen molar-refractivity contribution in [2.24, 2.45) is 0 Å². The lowest BCUT2D eigenvalue weighted by atomic mass is 10.0. The number of nitrogens with one attached hydrogen (secondary N) is 2. The number of carbonyl (C=O) groups excluding carboxylic acids is 1. The van der Waals surface area contributed by atoms with Crippen LogP contribution in [0.15, 0.2) is 22.9 Å². The first-order valence-electron chi connectivity index (χ1n) is 8.65. The van der Waals surface area contributed by atoms with Crippen molar-refractivity contribution in [1.82, 2.24) is 15.3 Å². The molecule has 1 fully saturated rings. The number of hydrogen-bond donors (Lipinski definition) is 2. The average Bonchev–Trinajstić information content (AvgIpc) is 2.96. The van der Waals surface area contributed by atoms with E-state index >= 15 is 0 Å². The SMILES string of the molecule is Cc1cc(C(=O)N[C@H]2CCOC[C@H]2Nc2cc(N(C)C)ncn2)oc1C. The molecule has 140 valence electrons. The van der Waals surface area contributed by atoms with Crippen LogP contribution in [0.3, 0.4) is 0 Å². The van der Waals surface area contributed by atoms with Gasteiger partial charge in [-0.3, -0.25) is 4.79 Å². The van der Waals surface area contributed by atoms with E-state index in [4.69, 9.17) is 9.15 Å². The molecule has 0 unspecified atom stereocenters. The second-order valence-electron chi connectivity index (χ2n) is 6.70. The molecule has 0 aliphatic carbocycles. The third-order valence-electron chi connectivity index (χ3n) is 4.51. The fraction of sp³-hybridized carbons (Fsp3) is 0.500. The Balaban J connectivity index is 1.69. The maximum atomic E-state index is 12.5. The number of aryl methyl sites for hydroxylation is 2. The normalized spacial score (nSPS) is 19.8. The van der Waals surface area contributed by atoms with E-state index < -0.39 is 0 Å². The smallest absolute Gasteiger partial charge is 0.287 e. The number of furan rings is 1. The Morgan fingerprint density at radius 3 is 2.73 bits per heavy atom. The summed E-state index contributed by atoms with van der Waals surface area (Å²) in [5.74, 6) is 2.39. The first-order valence-corrected chi connectivity index (χ1v) is 8.65. The summed E-state index contributed by atoms with van der Waals surface area (Å²) in [4.78, 5) is 22.9. The molecule has 3 heterocycles. The van der Waals surface area contributed by atoms with Crippen LogP contribution >= 0.6 is 0 Å². The Labute approximate surface area is 153 Å². The number of amides is 1. The lowest BCUT2D eigenvalue weighted by Gasteiger charge is -2.33. The van der Waals surface area contributed by atoms with Crippen molar-refractivity contribution in [2.45, 2.75) is 32.4 Å². The molecule has 8 nitrogen and oxygen atoms in total. The van der Waals surface area contributed by atoms with Gasteiger partial charge in [0.15, 0.2) is 5.76 Å². The molecule has 3 rings (SSSR count). The highest BCUT2D eigenvalue weighted by Crippen LogP contribution is 2.18. The summed E-state index contributed by atoms with van der Waals surface area (Å²) in [5, 5.41) is 6.41. The first-order chi connectivity index (χ1) is 12.4. The number of anilines is 2. The molecule has 2 aromatic rings. The molecule has 8 heteroatoms. The maximum absolute atomic E-state index is 12.5. The van der Waals surface area contributed by atoms with Crippen molar-refractivity contribution in [3.63, 3.8) is 0 Å². The van der Waals surface area contributed by atoms with Crippen LogP contribution in [0.5, 0.6) is 0 Å². The van der Waals surface area contributed by atoms with Crippen LogP contribution in [-0.2, 0) is 4.74 Å². The number of hydrogen-bond acceptors (Lipinski definition) is 7. The van der Waals surface area contributed by atoms with Gasteiger partial charge in [0.2, 0.25) is 0 Å². The molecule has 1 aliphatic heterocycles. The van der Waals surface area contributed by atoms with Gasteiger partial charge in [0.1, 0.15) is 23.7 Å². The molecule has 2 atom stereocenters. The van der Waals surface area contributed by atoms with Gasteiger partial charge in [0.25, 0.3) is 5.91 Å². The molecule has 0 radical (unpaired) electrons. The van der Waals surface area contributed by atoms with E-state index in [0.717, 1.165) is 17.1 Å². The molecule has 2 aromatic heterocycles. The lowest BCUT2D eigenvalue weighted by Crippen LogP contribution is -2.52. The second kappa shape index (κ2) is 7.74. The summed E-state index contributed by atoms with van der Waals surface area (Å²) in [5.41, 5.74) is 0.967. The third kappa shape index (κ3) is 4.13. The Kier molecular flexibility index (Phi) is 5.41. The molecule has 26 heavy (non-hydrogen) atoms. The molecular formula is C18H25N5O3. The van der Waals surface area contributed by atoms with E-state index in [1.54, 1.807) is 6.07 Å². The molecule has 1 amide bonds. The Morgan fingerprint density at radius 2 is 2.04 bits per heavy atom. The Morgan fingerprint density at radius 1 is 1.23 bits per heavy atom. The fourth-order valence-electron chi connectivity index (χ4n) is 2.84. The summed E-state index contributed by atoms with van der Waals surface area (Å²) < 4.78 is 11.1. The van der Waals surface area contributed by atoms with E-state index in [1.807, 2.05) is 38.9 Å². The van der Waals surface area contributed by atoms with Crippen molar-refractivity contribution in [1.29, 1.82) is 0 Å². The van der Waals surface area contributed by atoms with Crippen molar-refractivity contribution in [3.8, 4) is 0 Å². The van der Waals surface area contributed by atoms with Crippen LogP contribution in [0.1, 0.15) is 28.3 Å². The minimum absolute atomic E-state index is 0.0836. The number of rotatable bonds is 5. The molecule has 1 aliphatic rings. The number of aromatic nitrogens is 2. The van der Waals surface area contributed by atoms with Crippen molar-refractivity contribution in [2.75, 3.05) is 37.5 Å². The summed E-state index contributed by atoms with van der Waals surface area (Å²) in [7, 11) is 3.85. The predicted octanol–water partition coefficient (Wildman–Crippen LogP) is 1.75. The van der Waals surface area contributed by atoms with Crippen LogP contribution in [0, 0.1) is 13.8 Å². The maximum Gasteiger partial charge on any atom is 0.287 e. The van der Waals surface area contributed by atoms with E-state index in [-0.39, 0.29) is 18.0 Å². The van der Waals surface area contributed by atoms with Crippen LogP contribution in [0.2, 0.25) is 0 Å². The highest BCUT2D eigenvalue weighted by molar-refractivity contribution is 5.92. The van der Waals surface area contributed by atoms with Gasteiger partial charge >= 0.3 is 0 Å². The van der Waals surface area contributed by atoms with Crippen LogP contribution in [0.4, 0.5) is 11.6 Å². The van der Waals surface area contributed by atoms with Gasteiger partial charge < -0.3 is 24.7 Å².